The summed E-state index contributed by atoms with van der Waals surface area (Å²) in [5, 5.41) is 7.78. The average molecular weight is 282 g/mol. The molecule has 1 N–H and O–H groups in total. The minimum atomic E-state index is 0.0911. The van der Waals surface area contributed by atoms with Crippen LogP contribution >= 0.6 is 0 Å². The second-order valence-corrected chi connectivity index (χ2v) is 5.83. The van der Waals surface area contributed by atoms with Gasteiger partial charge in [-0.3, -0.25) is 4.79 Å². The molecule has 21 heavy (non-hydrogen) atoms. The zero-order valence-corrected chi connectivity index (χ0v) is 11.8. The van der Waals surface area contributed by atoms with Crippen LogP contribution in [0.1, 0.15) is 16.8 Å². The lowest BCUT2D eigenvalue weighted by Crippen LogP contribution is -2.33. The van der Waals surface area contributed by atoms with Crippen molar-refractivity contribution in [2.45, 2.75) is 12.5 Å². The molecule has 4 rings (SSSR count). The van der Waals surface area contributed by atoms with E-state index in [0.29, 0.717) is 17.5 Å². The molecule has 1 aromatic heterocycles. The summed E-state index contributed by atoms with van der Waals surface area (Å²) in [6, 6.07) is 10.3. The fourth-order valence-corrected chi connectivity index (χ4v) is 3.35. The summed E-state index contributed by atoms with van der Waals surface area (Å²) in [6.45, 7) is 2.77. The highest BCUT2D eigenvalue weighted by Gasteiger charge is 2.38. The van der Waals surface area contributed by atoms with Crippen LogP contribution < -0.4 is 5.32 Å². The lowest BCUT2D eigenvalue weighted by Gasteiger charge is -2.16. The molecule has 2 aliphatic rings. The molecule has 3 heterocycles. The van der Waals surface area contributed by atoms with Crippen LogP contribution in [0.4, 0.5) is 0 Å². The fourth-order valence-electron chi connectivity index (χ4n) is 3.35. The number of rotatable bonds is 2. The van der Waals surface area contributed by atoms with Gasteiger partial charge in [-0.1, -0.05) is 18.2 Å². The Hall–Kier alpha value is -2.14. The molecular weight excluding hydrogens is 264 g/mol. The van der Waals surface area contributed by atoms with Crippen LogP contribution in [-0.2, 0) is 0 Å². The number of fused-ring (bicyclic) bond motifs is 1. The summed E-state index contributed by atoms with van der Waals surface area (Å²) < 4.78 is 1.75. The summed E-state index contributed by atoms with van der Waals surface area (Å²) in [5.41, 5.74) is 1.63. The Balaban J connectivity index is 1.52. The standard InChI is InChI=1S/C16H18N4O/c21-16(19-9-12-6-7-17-15(12)11-19)13-8-18-20(10-13)14-4-2-1-3-5-14/h1-5,8,10,12,15,17H,6-7,9,11H2/t12-,15+/m0/s1. The number of nitrogens with one attached hydrogen (secondary N) is 1. The van der Waals surface area contributed by atoms with Gasteiger partial charge in [0.2, 0.25) is 0 Å². The molecule has 0 radical (unpaired) electrons. The number of nitrogens with zero attached hydrogens (tertiary/aromatic N) is 3. The van der Waals surface area contributed by atoms with Crippen LogP contribution in [0.25, 0.3) is 5.69 Å². The minimum absolute atomic E-state index is 0.0911. The molecule has 0 unspecified atom stereocenters. The first kappa shape index (κ1) is 12.6. The zero-order chi connectivity index (χ0) is 14.2. The fraction of sp³-hybridized carbons (Fsp3) is 0.375. The Labute approximate surface area is 123 Å². The largest absolute Gasteiger partial charge is 0.337 e. The molecule has 1 aromatic carbocycles. The molecule has 2 aromatic rings. The van der Waals surface area contributed by atoms with Gasteiger partial charge in [0.15, 0.2) is 0 Å². The van der Waals surface area contributed by atoms with E-state index in [0.717, 1.165) is 25.3 Å². The number of carbonyl (C=O) groups excluding carboxylic acids is 1. The predicted molar refractivity (Wildman–Crippen MR) is 79.4 cm³/mol. The topological polar surface area (TPSA) is 50.2 Å². The molecule has 0 bridgehead atoms. The van der Waals surface area contributed by atoms with Crippen LogP contribution in [0.15, 0.2) is 42.7 Å². The molecule has 0 aliphatic carbocycles. The van der Waals surface area contributed by atoms with E-state index in [2.05, 4.69) is 10.4 Å². The Morgan fingerprint density at radius 2 is 2.10 bits per heavy atom. The Kier molecular flexibility index (Phi) is 3.00. The number of hydrogen-bond donors (Lipinski definition) is 1. The van der Waals surface area contributed by atoms with Crippen molar-refractivity contribution in [2.75, 3.05) is 19.6 Å². The molecule has 5 nitrogen and oxygen atoms in total. The van der Waals surface area contributed by atoms with Crippen LogP contribution in [0, 0.1) is 5.92 Å². The lowest BCUT2D eigenvalue weighted by molar-refractivity contribution is 0.0782. The number of aromatic nitrogens is 2. The van der Waals surface area contributed by atoms with Crippen molar-refractivity contribution in [2.24, 2.45) is 5.92 Å². The van der Waals surface area contributed by atoms with Crippen molar-refractivity contribution in [3.8, 4) is 5.69 Å². The maximum Gasteiger partial charge on any atom is 0.257 e. The maximum atomic E-state index is 12.6. The Morgan fingerprint density at radius 3 is 2.90 bits per heavy atom. The highest BCUT2D eigenvalue weighted by molar-refractivity contribution is 5.94. The zero-order valence-electron chi connectivity index (χ0n) is 11.8. The highest BCUT2D eigenvalue weighted by atomic mass is 16.2. The molecule has 0 saturated carbocycles. The monoisotopic (exact) mass is 282 g/mol. The number of hydrogen-bond acceptors (Lipinski definition) is 3. The summed E-state index contributed by atoms with van der Waals surface area (Å²) in [5.74, 6) is 0.714. The van der Waals surface area contributed by atoms with Gasteiger partial charge in [-0.15, -0.1) is 0 Å². The molecule has 2 fully saturated rings. The summed E-state index contributed by atoms with van der Waals surface area (Å²) in [6.07, 6.45) is 4.66. The van der Waals surface area contributed by atoms with Gasteiger partial charge in [0.25, 0.3) is 5.91 Å². The van der Waals surface area contributed by atoms with Crippen molar-refractivity contribution in [3.63, 3.8) is 0 Å². The summed E-state index contributed by atoms with van der Waals surface area (Å²) in [4.78, 5) is 14.5. The van der Waals surface area contributed by atoms with E-state index in [9.17, 15) is 4.79 Å². The predicted octanol–water partition coefficient (Wildman–Crippen LogP) is 1.31. The second-order valence-electron chi connectivity index (χ2n) is 5.83. The molecule has 2 aliphatic heterocycles. The van der Waals surface area contributed by atoms with Gasteiger partial charge in [0.1, 0.15) is 0 Å². The Bertz CT molecular complexity index is 639. The van der Waals surface area contributed by atoms with E-state index in [1.54, 1.807) is 10.9 Å². The van der Waals surface area contributed by atoms with Crippen molar-refractivity contribution >= 4 is 5.91 Å². The summed E-state index contributed by atoms with van der Waals surface area (Å²) in [7, 11) is 0. The minimum Gasteiger partial charge on any atom is -0.337 e. The molecule has 2 atom stereocenters. The Morgan fingerprint density at radius 1 is 1.24 bits per heavy atom. The molecule has 0 spiro atoms. The average Bonchev–Trinajstić information content (AvgIpc) is 3.22. The first-order chi connectivity index (χ1) is 10.3. The van der Waals surface area contributed by atoms with Crippen LogP contribution in [0.3, 0.4) is 0 Å². The molecule has 108 valence electrons. The smallest absolute Gasteiger partial charge is 0.257 e. The molecular formula is C16H18N4O. The van der Waals surface area contributed by atoms with E-state index in [1.807, 2.05) is 41.4 Å². The van der Waals surface area contributed by atoms with Gasteiger partial charge >= 0.3 is 0 Å². The third-order valence-electron chi connectivity index (χ3n) is 4.50. The first-order valence-electron chi connectivity index (χ1n) is 7.44. The normalized spacial score (nSPS) is 24.3. The van der Waals surface area contributed by atoms with Gasteiger partial charge < -0.3 is 10.2 Å². The highest BCUT2D eigenvalue weighted by Crippen LogP contribution is 2.25. The van der Waals surface area contributed by atoms with Crippen LogP contribution in [0.2, 0.25) is 0 Å². The van der Waals surface area contributed by atoms with E-state index < -0.39 is 0 Å². The molecule has 2 saturated heterocycles. The van der Waals surface area contributed by atoms with E-state index >= 15 is 0 Å². The molecule has 1 amide bonds. The van der Waals surface area contributed by atoms with Gasteiger partial charge in [-0.05, 0) is 31.0 Å². The maximum absolute atomic E-state index is 12.6. The van der Waals surface area contributed by atoms with Crippen molar-refractivity contribution in [1.82, 2.24) is 20.0 Å². The summed E-state index contributed by atoms with van der Waals surface area (Å²) >= 11 is 0. The van der Waals surface area contributed by atoms with E-state index in [1.165, 1.54) is 6.42 Å². The van der Waals surface area contributed by atoms with Gasteiger partial charge in [-0.2, -0.15) is 5.10 Å². The number of carbonyl (C=O) groups is 1. The van der Waals surface area contributed by atoms with Gasteiger partial charge in [-0.25, -0.2) is 4.68 Å². The number of benzene rings is 1. The third kappa shape index (κ3) is 2.23. The quantitative estimate of drug-likeness (QED) is 0.903. The lowest BCUT2D eigenvalue weighted by atomic mass is 10.1. The number of para-hydroxylation sites is 1. The van der Waals surface area contributed by atoms with Crippen LogP contribution in [0.5, 0.6) is 0 Å². The van der Waals surface area contributed by atoms with Gasteiger partial charge in [0, 0.05) is 25.3 Å². The SMILES string of the molecule is O=C(c1cnn(-c2ccccc2)c1)N1C[C@@H]2CCN[C@@H]2C1. The van der Waals surface area contributed by atoms with Crippen molar-refractivity contribution in [1.29, 1.82) is 0 Å². The second kappa shape index (κ2) is 5.00. The van der Waals surface area contributed by atoms with Gasteiger partial charge in [0.05, 0.1) is 17.4 Å². The van der Waals surface area contributed by atoms with Crippen LogP contribution in [-0.4, -0.2) is 46.3 Å². The first-order valence-corrected chi connectivity index (χ1v) is 7.44. The third-order valence-corrected chi connectivity index (χ3v) is 4.50. The number of amides is 1. The van der Waals surface area contributed by atoms with Crippen molar-refractivity contribution < 1.29 is 4.79 Å². The molecule has 5 heteroatoms. The van der Waals surface area contributed by atoms with E-state index in [4.69, 9.17) is 0 Å². The number of likely N-dealkylation sites (tertiary alicyclic amines) is 1. The van der Waals surface area contributed by atoms with Crippen molar-refractivity contribution in [3.05, 3.63) is 48.3 Å². The van der Waals surface area contributed by atoms with E-state index in [-0.39, 0.29) is 5.91 Å².